The molecule has 112 heavy (non-hydrogen) atoms. The van der Waals surface area contributed by atoms with Crippen molar-refractivity contribution >= 4 is 142 Å². The van der Waals surface area contributed by atoms with E-state index in [4.69, 9.17) is 34.9 Å². The lowest BCUT2D eigenvalue weighted by atomic mass is 9.95. The van der Waals surface area contributed by atoms with E-state index < -0.39 is 0 Å². The highest BCUT2D eigenvalue weighted by Gasteiger charge is 2.18. The third-order valence-electron chi connectivity index (χ3n) is 21.7. The lowest BCUT2D eigenvalue weighted by Gasteiger charge is -2.13. The molecule has 23 rings (SSSR count). The number of rotatable bonds is 8. The molecule has 0 radical (unpaired) electrons. The van der Waals surface area contributed by atoms with Crippen LogP contribution in [0.1, 0.15) is 0 Å². The highest BCUT2D eigenvalue weighted by molar-refractivity contribution is 6.11. The Kier molecular flexibility index (Phi) is 15.0. The van der Waals surface area contributed by atoms with E-state index in [-0.39, 0.29) is 0 Å². The number of fused-ring (bicyclic) bond motifs is 17. The molecule has 12 heteroatoms. The fourth-order valence-electron chi connectivity index (χ4n) is 16.0. The molecule has 0 atom stereocenters. The van der Waals surface area contributed by atoms with Crippen LogP contribution < -0.4 is 0 Å². The summed E-state index contributed by atoms with van der Waals surface area (Å²) < 4.78 is 0. The first-order valence-corrected chi connectivity index (χ1v) is 37.3. The lowest BCUT2D eigenvalue weighted by molar-refractivity contribution is 1.36. The summed E-state index contributed by atoms with van der Waals surface area (Å²) in [5, 5.41) is 15.2. The first kappa shape index (κ1) is 63.8. The van der Waals surface area contributed by atoms with Gasteiger partial charge in [-0.2, -0.15) is 0 Å². The molecule has 0 aliphatic carbocycles. The number of hydrogen-bond donors (Lipinski definition) is 0. The van der Waals surface area contributed by atoms with Gasteiger partial charge in [-0.25, -0.2) is 34.9 Å². The fraction of sp³-hybridized carbons (Fsp3) is 0. The van der Waals surface area contributed by atoms with Gasteiger partial charge < -0.3 is 0 Å². The molecule has 11 aromatic carbocycles. The van der Waals surface area contributed by atoms with Crippen molar-refractivity contribution in [3.05, 3.63) is 353 Å². The van der Waals surface area contributed by atoms with Crippen LogP contribution in [0.3, 0.4) is 0 Å². The van der Waals surface area contributed by atoms with Crippen molar-refractivity contribution in [3.63, 3.8) is 0 Å². The average Bonchev–Trinajstić information content (AvgIpc) is 0.775. The van der Waals surface area contributed by atoms with Gasteiger partial charge in [-0.1, -0.05) is 224 Å². The van der Waals surface area contributed by atoms with Crippen molar-refractivity contribution in [2.75, 3.05) is 0 Å². The molecule has 518 valence electrons. The van der Waals surface area contributed by atoms with Gasteiger partial charge in [0, 0.05) is 135 Å². The Morgan fingerprint density at radius 1 is 0.143 bits per heavy atom. The molecular formula is C100H58N12. The van der Waals surface area contributed by atoms with Crippen molar-refractivity contribution in [1.82, 2.24) is 59.8 Å². The SMILES string of the molecule is c1cnc2c(c1)ccc1ccc(-c3ccc4ccc(-c5ccc6ccc(-c7ccc(-c8ccc9ccc%10cccnc%10c9n8)c8ccccc78)nc6c5)nc4c3)nc12.c1cnc2c(c1)ccc1ccc(-c3ccc4ccc(-c5ccc6ccc(-c7ccc(-c8ccnc9c8ccc8cccnc89)cc7)nc6c5)nc4c3)nc12. The summed E-state index contributed by atoms with van der Waals surface area (Å²) in [5.74, 6) is 0. The van der Waals surface area contributed by atoms with Crippen LogP contribution in [0.2, 0.25) is 0 Å². The predicted molar refractivity (Wildman–Crippen MR) is 457 cm³/mol. The van der Waals surface area contributed by atoms with E-state index in [1.54, 1.807) is 0 Å². The van der Waals surface area contributed by atoms with Crippen LogP contribution in [-0.4, -0.2) is 59.8 Å². The number of benzene rings is 11. The maximum Gasteiger partial charge on any atom is 0.0972 e. The standard InChI is InChI=1S/C52H30N6.C48H28N6/c1-2-8-40-39(7-1)41(21-22-42(40)46-26-20-36-14-12-34-6-4-28-54-50(34)52(36)58-46)45-25-18-32-9-15-37(29-48(32)56-45)43-23-17-31-10-16-38(30-47(31)55-43)44-24-19-35-13-11-33-5-3-27-53-49(33)51(35)57-44;1-3-33-11-12-35-18-22-42(54-47(35)45(33)49-24-1)37-14-10-32-17-21-41(53-44(32)28-37)36-13-9-31-16-20-40(52-43(31)27-36)30-7-5-29(6-8-30)38-23-26-51-48-39(38)19-15-34-4-2-25-50-46(34)48/h1-30H;1-28H. The predicted octanol–water partition coefficient (Wildman–Crippen LogP) is 24.4. The van der Waals surface area contributed by atoms with Gasteiger partial charge in [-0.05, 0) is 119 Å². The van der Waals surface area contributed by atoms with Gasteiger partial charge >= 0.3 is 0 Å². The van der Waals surface area contributed by atoms with E-state index in [2.05, 4.69) is 322 Å². The van der Waals surface area contributed by atoms with Crippen LogP contribution >= 0.6 is 0 Å². The van der Waals surface area contributed by atoms with Crippen molar-refractivity contribution in [2.24, 2.45) is 0 Å². The van der Waals surface area contributed by atoms with Crippen LogP contribution in [-0.2, 0) is 0 Å². The smallest absolute Gasteiger partial charge is 0.0972 e. The summed E-state index contributed by atoms with van der Waals surface area (Å²) in [6.45, 7) is 0. The monoisotopic (exact) mass is 1430 g/mol. The van der Waals surface area contributed by atoms with Gasteiger partial charge in [0.25, 0.3) is 0 Å². The first-order valence-electron chi connectivity index (χ1n) is 37.3. The van der Waals surface area contributed by atoms with Crippen LogP contribution in [0.5, 0.6) is 0 Å². The molecule has 0 unspecified atom stereocenters. The molecule has 12 heterocycles. The zero-order valence-electron chi connectivity index (χ0n) is 59.9. The van der Waals surface area contributed by atoms with Gasteiger partial charge in [-0.15, -0.1) is 0 Å². The van der Waals surface area contributed by atoms with Gasteiger partial charge in [0.1, 0.15) is 0 Å². The second-order valence-electron chi connectivity index (χ2n) is 28.3. The Labute approximate surface area is 639 Å². The second kappa shape index (κ2) is 26.2. The topological polar surface area (TPSA) is 155 Å². The second-order valence-corrected chi connectivity index (χ2v) is 28.3. The number of pyridine rings is 12. The Bertz CT molecular complexity index is 7860. The third kappa shape index (κ3) is 11.2. The van der Waals surface area contributed by atoms with E-state index >= 15 is 0 Å². The van der Waals surface area contributed by atoms with Crippen LogP contribution in [0, 0.1) is 0 Å². The maximum atomic E-state index is 5.26. The van der Waals surface area contributed by atoms with E-state index in [1.165, 1.54) is 0 Å². The zero-order valence-corrected chi connectivity index (χ0v) is 59.9. The van der Waals surface area contributed by atoms with Crippen molar-refractivity contribution in [2.45, 2.75) is 0 Å². The fourth-order valence-corrected chi connectivity index (χ4v) is 16.0. The normalized spacial score (nSPS) is 11.8. The molecule has 0 saturated heterocycles. The minimum Gasteiger partial charge on any atom is -0.254 e. The Balaban J connectivity index is 0.000000138. The maximum absolute atomic E-state index is 5.26. The van der Waals surface area contributed by atoms with Gasteiger partial charge in [0.15, 0.2) is 0 Å². The first-order chi connectivity index (χ1) is 55.4. The number of hydrogen-bond acceptors (Lipinski definition) is 12. The highest BCUT2D eigenvalue weighted by atomic mass is 14.8. The molecule has 0 bridgehead atoms. The van der Waals surface area contributed by atoms with E-state index in [0.717, 1.165) is 232 Å². The van der Waals surface area contributed by atoms with Gasteiger partial charge in [-0.3, -0.25) is 24.9 Å². The summed E-state index contributed by atoms with van der Waals surface area (Å²) in [5.41, 5.74) is 26.8. The molecule has 0 N–H and O–H groups in total. The van der Waals surface area contributed by atoms with Crippen LogP contribution in [0.4, 0.5) is 0 Å². The minimum absolute atomic E-state index is 0.890. The molecule has 0 aliphatic rings. The molecule has 0 amide bonds. The molecule has 0 fully saturated rings. The van der Waals surface area contributed by atoms with Crippen LogP contribution in [0.25, 0.3) is 232 Å². The largest absolute Gasteiger partial charge is 0.254 e. The molecule has 0 spiro atoms. The Morgan fingerprint density at radius 2 is 0.420 bits per heavy atom. The third-order valence-corrected chi connectivity index (χ3v) is 21.7. The molecule has 23 aromatic rings. The average molecular weight is 1430 g/mol. The summed E-state index contributed by atoms with van der Waals surface area (Å²) in [6.07, 6.45) is 9.17. The summed E-state index contributed by atoms with van der Waals surface area (Å²) in [7, 11) is 0. The Hall–Kier alpha value is -15.4. The van der Waals surface area contributed by atoms with Crippen molar-refractivity contribution in [1.29, 1.82) is 0 Å². The number of aromatic nitrogens is 12. The molecule has 0 saturated carbocycles. The molecule has 12 nitrogen and oxygen atoms in total. The van der Waals surface area contributed by atoms with E-state index in [1.807, 2.05) is 55.2 Å². The molecular weight excluding hydrogens is 1370 g/mol. The quantitative estimate of drug-likeness (QED) is 0.133. The van der Waals surface area contributed by atoms with E-state index in [9.17, 15) is 0 Å². The lowest BCUT2D eigenvalue weighted by Crippen LogP contribution is -1.92. The molecule has 12 aromatic heterocycles. The summed E-state index contributed by atoms with van der Waals surface area (Å²) in [6, 6.07) is 112. The van der Waals surface area contributed by atoms with Crippen molar-refractivity contribution < 1.29 is 0 Å². The van der Waals surface area contributed by atoms with Crippen molar-refractivity contribution in [3.8, 4) is 89.9 Å². The highest BCUT2D eigenvalue weighted by Crippen LogP contribution is 2.40. The summed E-state index contributed by atoms with van der Waals surface area (Å²) >= 11 is 0. The van der Waals surface area contributed by atoms with Gasteiger partial charge in [0.05, 0.1) is 106 Å². The van der Waals surface area contributed by atoms with Crippen LogP contribution in [0.15, 0.2) is 353 Å². The minimum atomic E-state index is 0.890. The van der Waals surface area contributed by atoms with Gasteiger partial charge in [0.2, 0.25) is 0 Å². The Morgan fingerprint density at radius 3 is 0.830 bits per heavy atom. The summed E-state index contributed by atoms with van der Waals surface area (Å²) in [4.78, 5) is 59.3. The molecule has 0 aliphatic heterocycles. The number of nitrogens with zero attached hydrogens (tertiary/aromatic N) is 12. The van der Waals surface area contributed by atoms with E-state index in [0.29, 0.717) is 0 Å². The zero-order chi connectivity index (χ0) is 73.7.